The normalized spacial score (nSPS) is 10.8. The van der Waals surface area contributed by atoms with Crippen molar-refractivity contribution in [2.45, 2.75) is 26.8 Å². The number of benzene rings is 1. The van der Waals surface area contributed by atoms with Crippen LogP contribution in [0.5, 0.6) is 0 Å². The molecule has 0 unspecified atom stereocenters. The molecule has 3 heteroatoms. The fourth-order valence-corrected chi connectivity index (χ4v) is 2.31. The van der Waals surface area contributed by atoms with E-state index >= 15 is 0 Å². The second kappa shape index (κ2) is 5.16. The fraction of sp³-hybridized carbons (Fsp3) is 0.286. The fourth-order valence-electron chi connectivity index (χ4n) is 1.99. The molecule has 0 aliphatic rings. The Morgan fingerprint density at radius 2 is 1.59 bits per heavy atom. The summed E-state index contributed by atoms with van der Waals surface area (Å²) < 4.78 is 2.31. The number of aromatic nitrogens is 1. The summed E-state index contributed by atoms with van der Waals surface area (Å²) in [5.41, 5.74) is 3.80. The quantitative estimate of drug-likeness (QED) is 0.763. The zero-order chi connectivity index (χ0) is 12.4. The van der Waals surface area contributed by atoms with E-state index in [0.717, 1.165) is 13.0 Å². The van der Waals surface area contributed by atoms with E-state index in [1.54, 1.807) is 0 Å². The molecule has 0 saturated heterocycles. The Bertz CT molecular complexity index is 510. The number of aryl methyl sites for hydroxylation is 3. The van der Waals surface area contributed by atoms with Crippen molar-refractivity contribution in [3.05, 3.63) is 57.3 Å². The Hall–Kier alpha value is -0.920. The molecule has 0 radical (unpaired) electrons. The molecule has 0 saturated carbocycles. The van der Waals surface area contributed by atoms with Crippen LogP contribution in [0.4, 0.5) is 0 Å². The molecule has 0 bridgehead atoms. The minimum absolute atomic E-state index is 0.615. The SMILES string of the molecule is Cc1ccc(C)n1CCc1ccc(Cl)c(Cl)c1. The molecule has 0 aliphatic carbocycles. The van der Waals surface area contributed by atoms with Crippen LogP contribution in [-0.4, -0.2) is 4.57 Å². The lowest BCUT2D eigenvalue weighted by molar-refractivity contribution is 0.664. The van der Waals surface area contributed by atoms with Crippen LogP contribution in [0.25, 0.3) is 0 Å². The third-order valence-electron chi connectivity index (χ3n) is 3.03. The lowest BCUT2D eigenvalue weighted by atomic mass is 10.1. The summed E-state index contributed by atoms with van der Waals surface area (Å²) in [7, 11) is 0. The number of hydrogen-bond donors (Lipinski definition) is 0. The van der Waals surface area contributed by atoms with Crippen molar-refractivity contribution in [3.63, 3.8) is 0 Å². The molecule has 90 valence electrons. The first-order chi connectivity index (χ1) is 8.08. The molecular formula is C14H15Cl2N. The van der Waals surface area contributed by atoms with Gasteiger partial charge >= 0.3 is 0 Å². The van der Waals surface area contributed by atoms with Gasteiger partial charge in [-0.25, -0.2) is 0 Å². The van der Waals surface area contributed by atoms with Crippen LogP contribution in [0.3, 0.4) is 0 Å². The molecule has 0 spiro atoms. The lowest BCUT2D eigenvalue weighted by Crippen LogP contribution is -2.04. The van der Waals surface area contributed by atoms with Crippen LogP contribution < -0.4 is 0 Å². The molecule has 2 aromatic rings. The maximum Gasteiger partial charge on any atom is 0.0595 e. The molecule has 1 heterocycles. The van der Waals surface area contributed by atoms with Gasteiger partial charge in [0, 0.05) is 17.9 Å². The predicted molar refractivity (Wildman–Crippen MR) is 74.1 cm³/mol. The highest BCUT2D eigenvalue weighted by atomic mass is 35.5. The van der Waals surface area contributed by atoms with Crippen LogP contribution in [0, 0.1) is 13.8 Å². The summed E-state index contributed by atoms with van der Waals surface area (Å²) in [5, 5.41) is 1.24. The molecule has 0 N–H and O–H groups in total. The van der Waals surface area contributed by atoms with E-state index in [0.29, 0.717) is 10.0 Å². The van der Waals surface area contributed by atoms with E-state index in [-0.39, 0.29) is 0 Å². The van der Waals surface area contributed by atoms with Gasteiger partial charge in [0.15, 0.2) is 0 Å². The van der Waals surface area contributed by atoms with E-state index in [1.165, 1.54) is 17.0 Å². The molecule has 1 nitrogen and oxygen atoms in total. The van der Waals surface area contributed by atoms with Crippen LogP contribution in [0.15, 0.2) is 30.3 Å². The second-order valence-electron chi connectivity index (χ2n) is 4.27. The molecule has 1 aromatic heterocycles. The Labute approximate surface area is 112 Å². The van der Waals surface area contributed by atoms with Crippen LogP contribution >= 0.6 is 23.2 Å². The zero-order valence-electron chi connectivity index (χ0n) is 10.0. The van der Waals surface area contributed by atoms with Gasteiger partial charge in [-0.05, 0) is 50.1 Å². The molecule has 0 amide bonds. The number of nitrogens with zero attached hydrogens (tertiary/aromatic N) is 1. The lowest BCUT2D eigenvalue weighted by Gasteiger charge is -2.09. The van der Waals surface area contributed by atoms with Crippen molar-refractivity contribution in [1.29, 1.82) is 0 Å². The van der Waals surface area contributed by atoms with E-state index in [1.807, 2.05) is 18.2 Å². The highest BCUT2D eigenvalue weighted by Gasteiger charge is 2.03. The van der Waals surface area contributed by atoms with Crippen molar-refractivity contribution in [3.8, 4) is 0 Å². The third-order valence-corrected chi connectivity index (χ3v) is 3.76. The Kier molecular flexibility index (Phi) is 3.80. The first kappa shape index (κ1) is 12.5. The first-order valence-corrected chi connectivity index (χ1v) is 6.40. The average molecular weight is 268 g/mol. The molecular weight excluding hydrogens is 253 g/mol. The van der Waals surface area contributed by atoms with Gasteiger partial charge in [-0.2, -0.15) is 0 Å². The highest BCUT2D eigenvalue weighted by Crippen LogP contribution is 2.23. The van der Waals surface area contributed by atoms with E-state index in [2.05, 4.69) is 30.5 Å². The highest BCUT2D eigenvalue weighted by molar-refractivity contribution is 6.42. The molecule has 0 aliphatic heterocycles. The molecule has 17 heavy (non-hydrogen) atoms. The average Bonchev–Trinajstić information content (AvgIpc) is 2.61. The maximum absolute atomic E-state index is 6.00. The number of halogens is 2. The van der Waals surface area contributed by atoms with Crippen molar-refractivity contribution < 1.29 is 0 Å². The van der Waals surface area contributed by atoms with Gasteiger partial charge in [0.1, 0.15) is 0 Å². The Morgan fingerprint density at radius 1 is 0.941 bits per heavy atom. The number of rotatable bonds is 3. The summed E-state index contributed by atoms with van der Waals surface area (Å²) in [6, 6.07) is 10.1. The summed E-state index contributed by atoms with van der Waals surface area (Å²) in [4.78, 5) is 0. The van der Waals surface area contributed by atoms with Crippen molar-refractivity contribution in [2.24, 2.45) is 0 Å². The van der Waals surface area contributed by atoms with E-state index in [9.17, 15) is 0 Å². The Balaban J connectivity index is 2.10. The summed E-state index contributed by atoms with van der Waals surface area (Å²) in [5.74, 6) is 0. The van der Waals surface area contributed by atoms with Gasteiger partial charge in [-0.1, -0.05) is 29.3 Å². The third kappa shape index (κ3) is 2.85. The standard InChI is InChI=1S/C14H15Cl2N/c1-10-3-4-11(2)17(10)8-7-12-5-6-13(15)14(16)9-12/h3-6,9H,7-8H2,1-2H3. The van der Waals surface area contributed by atoms with E-state index < -0.39 is 0 Å². The van der Waals surface area contributed by atoms with Crippen LogP contribution in [-0.2, 0) is 13.0 Å². The van der Waals surface area contributed by atoms with Crippen molar-refractivity contribution in [2.75, 3.05) is 0 Å². The first-order valence-electron chi connectivity index (χ1n) is 5.64. The largest absolute Gasteiger partial charge is 0.349 e. The molecule has 0 fully saturated rings. The minimum atomic E-state index is 0.615. The predicted octanol–water partition coefficient (Wildman–Crippen LogP) is 4.65. The second-order valence-corrected chi connectivity index (χ2v) is 5.08. The topological polar surface area (TPSA) is 4.93 Å². The molecule has 1 aromatic carbocycles. The van der Waals surface area contributed by atoms with Crippen LogP contribution in [0.2, 0.25) is 10.0 Å². The van der Waals surface area contributed by atoms with E-state index in [4.69, 9.17) is 23.2 Å². The number of hydrogen-bond acceptors (Lipinski definition) is 0. The zero-order valence-corrected chi connectivity index (χ0v) is 11.5. The smallest absolute Gasteiger partial charge is 0.0595 e. The molecule has 0 atom stereocenters. The van der Waals surface area contributed by atoms with Gasteiger partial charge in [0.05, 0.1) is 10.0 Å². The maximum atomic E-state index is 6.00. The van der Waals surface area contributed by atoms with Gasteiger partial charge in [0.25, 0.3) is 0 Å². The van der Waals surface area contributed by atoms with Crippen molar-refractivity contribution in [1.82, 2.24) is 4.57 Å². The summed E-state index contributed by atoms with van der Waals surface area (Å²) in [6.07, 6.45) is 0.966. The van der Waals surface area contributed by atoms with Gasteiger partial charge in [0.2, 0.25) is 0 Å². The van der Waals surface area contributed by atoms with Crippen LogP contribution in [0.1, 0.15) is 17.0 Å². The van der Waals surface area contributed by atoms with Crippen molar-refractivity contribution >= 4 is 23.2 Å². The van der Waals surface area contributed by atoms with Gasteiger partial charge < -0.3 is 4.57 Å². The van der Waals surface area contributed by atoms with Gasteiger partial charge in [-0.3, -0.25) is 0 Å². The summed E-state index contributed by atoms with van der Waals surface area (Å²) in [6.45, 7) is 5.23. The minimum Gasteiger partial charge on any atom is -0.349 e. The summed E-state index contributed by atoms with van der Waals surface area (Å²) >= 11 is 11.9. The monoisotopic (exact) mass is 267 g/mol. The Morgan fingerprint density at radius 3 is 2.18 bits per heavy atom. The molecule has 2 rings (SSSR count). The van der Waals surface area contributed by atoms with Gasteiger partial charge in [-0.15, -0.1) is 0 Å².